The number of rotatable bonds is 7. The predicted octanol–water partition coefficient (Wildman–Crippen LogP) is 2.70. The van der Waals surface area contributed by atoms with Crippen LogP contribution in [0.15, 0.2) is 53.4 Å². The van der Waals surface area contributed by atoms with Crippen molar-refractivity contribution in [2.45, 2.75) is 23.8 Å². The Hall–Kier alpha value is -2.29. The second kappa shape index (κ2) is 9.47. The fourth-order valence-electron chi connectivity index (χ4n) is 3.06. The van der Waals surface area contributed by atoms with E-state index in [4.69, 9.17) is 21.1 Å². The molecule has 9 heteroatoms. The lowest BCUT2D eigenvalue weighted by molar-refractivity contribution is -0.134. The molecule has 1 aliphatic rings. The fraction of sp³-hybridized carbons (Fsp3) is 0.350. The summed E-state index contributed by atoms with van der Waals surface area (Å²) in [4.78, 5) is 14.2. The summed E-state index contributed by atoms with van der Waals surface area (Å²) in [5, 5.41) is 0.479. The maximum absolute atomic E-state index is 12.5. The standard InChI is InChI=1S/C20H23ClN2O5S/c1-27-17-4-6-18(7-5-17)28-14-20(24)23-12-10-16(11-13-23)22-29(25,26)19-8-2-15(21)3-9-19/h2-9,16,22H,10-14H2,1H3. The van der Waals surface area contributed by atoms with Gasteiger partial charge < -0.3 is 14.4 Å². The van der Waals surface area contributed by atoms with Crippen molar-refractivity contribution in [3.63, 3.8) is 0 Å². The van der Waals surface area contributed by atoms with E-state index in [1.807, 2.05) is 0 Å². The molecule has 1 N–H and O–H groups in total. The van der Waals surface area contributed by atoms with Crippen LogP contribution in [0, 0.1) is 0 Å². The Bertz CT molecular complexity index is 924. The molecule has 7 nitrogen and oxygen atoms in total. The van der Waals surface area contributed by atoms with Crippen molar-refractivity contribution in [1.82, 2.24) is 9.62 Å². The Kier molecular flexibility index (Phi) is 7.00. The molecule has 29 heavy (non-hydrogen) atoms. The summed E-state index contributed by atoms with van der Waals surface area (Å²) in [5.74, 6) is 1.18. The van der Waals surface area contributed by atoms with Crippen LogP contribution in [0.5, 0.6) is 11.5 Å². The summed E-state index contributed by atoms with van der Waals surface area (Å²) in [6, 6.07) is 12.8. The predicted molar refractivity (Wildman–Crippen MR) is 110 cm³/mol. The van der Waals surface area contributed by atoms with Gasteiger partial charge in [-0.25, -0.2) is 13.1 Å². The van der Waals surface area contributed by atoms with Gasteiger partial charge in [0.25, 0.3) is 5.91 Å². The smallest absolute Gasteiger partial charge is 0.260 e. The molecule has 0 bridgehead atoms. The highest BCUT2D eigenvalue weighted by Crippen LogP contribution is 2.19. The summed E-state index contributed by atoms with van der Waals surface area (Å²) in [7, 11) is -2.03. The van der Waals surface area contributed by atoms with Crippen molar-refractivity contribution in [3.05, 3.63) is 53.6 Å². The second-order valence-corrected chi connectivity index (χ2v) is 8.84. The van der Waals surface area contributed by atoms with Gasteiger partial charge in [-0.2, -0.15) is 0 Å². The Morgan fingerprint density at radius 1 is 1.07 bits per heavy atom. The summed E-state index contributed by atoms with van der Waals surface area (Å²) in [5.41, 5.74) is 0. The first kappa shape index (κ1) is 21.4. The third-order valence-corrected chi connectivity index (χ3v) is 6.50. The van der Waals surface area contributed by atoms with E-state index in [9.17, 15) is 13.2 Å². The molecule has 3 rings (SSSR count). The monoisotopic (exact) mass is 438 g/mol. The van der Waals surface area contributed by atoms with Crippen LogP contribution in [0.1, 0.15) is 12.8 Å². The van der Waals surface area contributed by atoms with E-state index in [2.05, 4.69) is 4.72 Å². The van der Waals surface area contributed by atoms with E-state index in [0.717, 1.165) is 0 Å². The molecule has 0 aromatic heterocycles. The molecule has 1 amide bonds. The number of piperidine rings is 1. The zero-order valence-corrected chi connectivity index (χ0v) is 17.6. The number of carbonyl (C=O) groups excluding carboxylic acids is 1. The van der Waals surface area contributed by atoms with E-state index in [0.29, 0.717) is 42.5 Å². The number of sulfonamides is 1. The number of hydrogen-bond acceptors (Lipinski definition) is 5. The largest absolute Gasteiger partial charge is 0.497 e. The van der Waals surface area contributed by atoms with Crippen molar-refractivity contribution in [1.29, 1.82) is 0 Å². The lowest BCUT2D eigenvalue weighted by Gasteiger charge is -2.32. The van der Waals surface area contributed by atoms with Crippen LogP contribution >= 0.6 is 11.6 Å². The van der Waals surface area contributed by atoms with Gasteiger partial charge in [-0.15, -0.1) is 0 Å². The highest BCUT2D eigenvalue weighted by Gasteiger charge is 2.26. The molecule has 0 unspecified atom stereocenters. The van der Waals surface area contributed by atoms with Crippen LogP contribution < -0.4 is 14.2 Å². The van der Waals surface area contributed by atoms with Gasteiger partial charge in [0.05, 0.1) is 12.0 Å². The number of nitrogens with one attached hydrogen (secondary N) is 1. The summed E-state index contributed by atoms with van der Waals surface area (Å²) >= 11 is 5.81. The Balaban J connectivity index is 1.46. The number of likely N-dealkylation sites (tertiary alicyclic amines) is 1. The first-order valence-corrected chi connectivity index (χ1v) is 11.1. The first-order valence-electron chi connectivity index (χ1n) is 9.20. The Morgan fingerprint density at radius 2 is 1.66 bits per heavy atom. The van der Waals surface area contributed by atoms with Gasteiger partial charge in [-0.1, -0.05) is 11.6 Å². The van der Waals surface area contributed by atoms with E-state index >= 15 is 0 Å². The lowest BCUT2D eigenvalue weighted by Crippen LogP contribution is -2.47. The van der Waals surface area contributed by atoms with Crippen LogP contribution in [-0.4, -0.2) is 52.1 Å². The van der Waals surface area contributed by atoms with Crippen LogP contribution in [0.3, 0.4) is 0 Å². The maximum atomic E-state index is 12.5. The number of ether oxygens (including phenoxy) is 2. The molecule has 2 aromatic rings. The number of amides is 1. The molecule has 1 aliphatic heterocycles. The Morgan fingerprint density at radius 3 is 2.24 bits per heavy atom. The van der Waals surface area contributed by atoms with Crippen molar-refractivity contribution >= 4 is 27.5 Å². The van der Waals surface area contributed by atoms with Crippen molar-refractivity contribution in [2.24, 2.45) is 0 Å². The third-order valence-electron chi connectivity index (χ3n) is 4.72. The van der Waals surface area contributed by atoms with E-state index in [1.165, 1.54) is 12.1 Å². The van der Waals surface area contributed by atoms with Gasteiger partial charge in [0.1, 0.15) is 11.5 Å². The molecule has 0 spiro atoms. The topological polar surface area (TPSA) is 84.9 Å². The maximum Gasteiger partial charge on any atom is 0.260 e. The quantitative estimate of drug-likeness (QED) is 0.718. The molecule has 0 saturated carbocycles. The molecule has 0 atom stereocenters. The number of halogens is 1. The molecule has 1 heterocycles. The minimum atomic E-state index is -3.61. The number of hydrogen-bond donors (Lipinski definition) is 1. The molecule has 0 radical (unpaired) electrons. The highest BCUT2D eigenvalue weighted by molar-refractivity contribution is 7.89. The summed E-state index contributed by atoms with van der Waals surface area (Å²) in [6.45, 7) is 0.880. The zero-order valence-electron chi connectivity index (χ0n) is 16.0. The van der Waals surface area contributed by atoms with E-state index in [1.54, 1.807) is 48.4 Å². The third kappa shape index (κ3) is 5.85. The van der Waals surface area contributed by atoms with Gasteiger partial charge in [-0.3, -0.25) is 4.79 Å². The number of nitrogens with zero attached hydrogens (tertiary/aromatic N) is 1. The minimum Gasteiger partial charge on any atom is -0.497 e. The van der Waals surface area contributed by atoms with Gasteiger partial charge >= 0.3 is 0 Å². The molecular formula is C20H23ClN2O5S. The number of carbonyl (C=O) groups is 1. The molecule has 0 aliphatic carbocycles. The van der Waals surface area contributed by atoms with Gasteiger partial charge in [0, 0.05) is 24.2 Å². The first-order chi connectivity index (χ1) is 13.9. The number of methoxy groups -OCH3 is 1. The van der Waals surface area contributed by atoms with Crippen LogP contribution in [-0.2, 0) is 14.8 Å². The van der Waals surface area contributed by atoms with Gasteiger partial charge in [-0.05, 0) is 61.4 Å². The lowest BCUT2D eigenvalue weighted by atomic mass is 10.1. The molecule has 1 saturated heterocycles. The average Bonchev–Trinajstić information content (AvgIpc) is 2.73. The SMILES string of the molecule is COc1ccc(OCC(=O)N2CCC(NS(=O)(=O)c3ccc(Cl)cc3)CC2)cc1. The van der Waals surface area contributed by atoms with Gasteiger partial charge in [0.15, 0.2) is 6.61 Å². The molecule has 1 fully saturated rings. The van der Waals surface area contributed by atoms with Crippen molar-refractivity contribution in [3.8, 4) is 11.5 Å². The normalized spacial score (nSPS) is 15.2. The Labute approximate surface area is 175 Å². The highest BCUT2D eigenvalue weighted by atomic mass is 35.5. The minimum absolute atomic E-state index is 0.0620. The summed E-state index contributed by atoms with van der Waals surface area (Å²) < 4.78 is 38.3. The van der Waals surface area contributed by atoms with Crippen molar-refractivity contribution < 1.29 is 22.7 Å². The van der Waals surface area contributed by atoms with Crippen molar-refractivity contribution in [2.75, 3.05) is 26.8 Å². The second-order valence-electron chi connectivity index (χ2n) is 6.69. The zero-order chi connectivity index (χ0) is 20.9. The van der Waals surface area contributed by atoms with Crippen LogP contribution in [0.25, 0.3) is 0 Å². The molecule has 2 aromatic carbocycles. The average molecular weight is 439 g/mol. The molecular weight excluding hydrogens is 416 g/mol. The molecule has 156 valence electrons. The number of benzene rings is 2. The van der Waals surface area contributed by atoms with E-state index < -0.39 is 10.0 Å². The fourth-order valence-corrected chi connectivity index (χ4v) is 4.49. The summed E-state index contributed by atoms with van der Waals surface area (Å²) in [6.07, 6.45) is 1.09. The van der Waals surface area contributed by atoms with Gasteiger partial charge in [0.2, 0.25) is 10.0 Å². The van der Waals surface area contributed by atoms with Crippen LogP contribution in [0.4, 0.5) is 0 Å². The van der Waals surface area contributed by atoms with Crippen LogP contribution in [0.2, 0.25) is 5.02 Å². The van der Waals surface area contributed by atoms with E-state index in [-0.39, 0.29) is 23.5 Å².